The van der Waals surface area contributed by atoms with Crippen molar-refractivity contribution in [3.05, 3.63) is 36.4 Å². The highest BCUT2D eigenvalue weighted by Gasteiger charge is 2.54. The van der Waals surface area contributed by atoms with Crippen LogP contribution in [0.25, 0.3) is 10.8 Å². The summed E-state index contributed by atoms with van der Waals surface area (Å²) >= 11 is 0. The summed E-state index contributed by atoms with van der Waals surface area (Å²) in [4.78, 5) is 0. The van der Waals surface area contributed by atoms with E-state index in [2.05, 4.69) is 79.7 Å². The molecule has 4 nitrogen and oxygen atoms in total. The smallest absolute Gasteiger partial charge is 0.399 e. The van der Waals surface area contributed by atoms with E-state index in [0.29, 0.717) is 0 Å². The Bertz CT molecular complexity index is 813. The lowest BCUT2D eigenvalue weighted by atomic mass is 9.70. The van der Waals surface area contributed by atoms with Crippen molar-refractivity contribution in [2.24, 2.45) is 0 Å². The second-order valence-corrected chi connectivity index (χ2v) is 9.97. The van der Waals surface area contributed by atoms with Gasteiger partial charge in [-0.3, -0.25) is 0 Å². The summed E-state index contributed by atoms with van der Waals surface area (Å²) in [5.41, 5.74) is 0.586. The molecule has 0 radical (unpaired) electrons. The molecular formula is C22H30B2O4. The third kappa shape index (κ3) is 2.93. The monoisotopic (exact) mass is 380 g/mol. The Morgan fingerprint density at radius 2 is 0.786 bits per heavy atom. The molecule has 0 saturated carbocycles. The molecule has 2 heterocycles. The lowest BCUT2D eigenvalue weighted by molar-refractivity contribution is 0.00578. The molecule has 2 aliphatic rings. The van der Waals surface area contributed by atoms with E-state index in [-0.39, 0.29) is 22.4 Å². The van der Waals surface area contributed by atoms with Crippen LogP contribution in [0.2, 0.25) is 0 Å². The zero-order chi connectivity index (χ0) is 20.5. The first-order valence-electron chi connectivity index (χ1n) is 10.1. The summed E-state index contributed by atoms with van der Waals surface area (Å²) in [6, 6.07) is 12.5. The van der Waals surface area contributed by atoms with Crippen molar-refractivity contribution in [3.8, 4) is 0 Å². The van der Waals surface area contributed by atoms with Gasteiger partial charge in [-0.25, -0.2) is 0 Å². The maximum absolute atomic E-state index is 6.31. The number of fused-ring (bicyclic) bond motifs is 1. The predicted molar refractivity (Wildman–Crippen MR) is 115 cm³/mol. The van der Waals surface area contributed by atoms with Gasteiger partial charge in [0.25, 0.3) is 0 Å². The lowest BCUT2D eigenvalue weighted by Crippen LogP contribution is -2.41. The van der Waals surface area contributed by atoms with Crippen LogP contribution in [0.3, 0.4) is 0 Å². The van der Waals surface area contributed by atoms with Crippen molar-refractivity contribution < 1.29 is 18.6 Å². The van der Waals surface area contributed by atoms with Gasteiger partial charge >= 0.3 is 14.2 Å². The summed E-state index contributed by atoms with van der Waals surface area (Å²) in [6.07, 6.45) is 0. The van der Waals surface area contributed by atoms with Crippen LogP contribution in [-0.4, -0.2) is 36.6 Å². The van der Waals surface area contributed by atoms with Gasteiger partial charge in [-0.15, -0.1) is 0 Å². The highest BCUT2D eigenvalue weighted by Crippen LogP contribution is 2.38. The quantitative estimate of drug-likeness (QED) is 0.749. The molecule has 0 aliphatic carbocycles. The van der Waals surface area contributed by atoms with Crippen LogP contribution in [0, 0.1) is 0 Å². The van der Waals surface area contributed by atoms with E-state index in [1.165, 1.54) is 0 Å². The molecular weight excluding hydrogens is 350 g/mol. The van der Waals surface area contributed by atoms with E-state index in [1.54, 1.807) is 0 Å². The van der Waals surface area contributed by atoms with Gasteiger partial charge in [0.2, 0.25) is 0 Å². The molecule has 0 bridgehead atoms. The molecule has 0 aromatic heterocycles. The summed E-state index contributed by atoms with van der Waals surface area (Å²) in [6.45, 7) is 16.6. The average Bonchev–Trinajstić information content (AvgIpc) is 2.93. The van der Waals surface area contributed by atoms with E-state index < -0.39 is 14.2 Å². The summed E-state index contributed by atoms with van der Waals surface area (Å²) in [5, 5.41) is 2.21. The Morgan fingerprint density at radius 3 is 1.07 bits per heavy atom. The van der Waals surface area contributed by atoms with Gasteiger partial charge in [0.15, 0.2) is 0 Å². The van der Waals surface area contributed by atoms with Crippen molar-refractivity contribution in [2.75, 3.05) is 0 Å². The van der Waals surface area contributed by atoms with E-state index in [0.717, 1.165) is 21.7 Å². The molecule has 148 valence electrons. The maximum atomic E-state index is 6.31. The van der Waals surface area contributed by atoms with E-state index >= 15 is 0 Å². The molecule has 0 amide bonds. The molecule has 0 spiro atoms. The van der Waals surface area contributed by atoms with Crippen LogP contribution in [0.4, 0.5) is 0 Å². The van der Waals surface area contributed by atoms with Gasteiger partial charge in [-0.1, -0.05) is 36.4 Å². The number of rotatable bonds is 2. The van der Waals surface area contributed by atoms with Gasteiger partial charge in [-0.2, -0.15) is 0 Å². The first kappa shape index (κ1) is 20.0. The normalized spacial score (nSPS) is 24.9. The van der Waals surface area contributed by atoms with Gasteiger partial charge in [-0.05, 0) is 77.1 Å². The van der Waals surface area contributed by atoms with Crippen LogP contribution in [0.15, 0.2) is 36.4 Å². The Balaban J connectivity index is 1.77. The molecule has 6 heteroatoms. The van der Waals surface area contributed by atoms with Crippen molar-refractivity contribution >= 4 is 35.9 Å². The Kier molecular flexibility index (Phi) is 4.34. The molecule has 2 saturated heterocycles. The minimum atomic E-state index is -0.401. The minimum Gasteiger partial charge on any atom is -0.399 e. The van der Waals surface area contributed by atoms with Crippen LogP contribution < -0.4 is 10.9 Å². The largest absolute Gasteiger partial charge is 0.495 e. The SMILES string of the molecule is CC1(C)OB(c2ccc(B3OC(C)(C)C(C)(C)O3)c3ccccc23)OC1(C)C. The average molecular weight is 380 g/mol. The summed E-state index contributed by atoms with van der Waals surface area (Å²) < 4.78 is 25.2. The maximum Gasteiger partial charge on any atom is 0.495 e. The molecule has 2 aliphatic heterocycles. The first-order valence-corrected chi connectivity index (χ1v) is 10.1. The Hall–Kier alpha value is -1.33. The standard InChI is InChI=1S/C22H30B2O4/c1-19(2)20(3,4)26-23(25-19)17-13-14-18(16-12-10-9-11-15(16)17)24-27-21(5,6)22(7,8)28-24/h9-14H,1-8H3. The molecule has 2 fully saturated rings. The lowest BCUT2D eigenvalue weighted by Gasteiger charge is -2.32. The second kappa shape index (κ2) is 6.08. The summed E-state index contributed by atoms with van der Waals surface area (Å²) in [7, 11) is -0.801. The highest BCUT2D eigenvalue weighted by atomic mass is 16.7. The van der Waals surface area contributed by atoms with Gasteiger partial charge in [0.1, 0.15) is 0 Å². The van der Waals surface area contributed by atoms with Gasteiger partial charge < -0.3 is 18.6 Å². The fraction of sp³-hybridized carbons (Fsp3) is 0.545. The molecule has 2 aromatic rings. The van der Waals surface area contributed by atoms with Gasteiger partial charge in [0.05, 0.1) is 22.4 Å². The molecule has 0 atom stereocenters. The van der Waals surface area contributed by atoms with Crippen LogP contribution in [-0.2, 0) is 18.6 Å². The van der Waals surface area contributed by atoms with Crippen LogP contribution >= 0.6 is 0 Å². The molecule has 0 unspecified atom stereocenters. The highest BCUT2D eigenvalue weighted by molar-refractivity contribution is 6.69. The molecule has 2 aromatic carbocycles. The fourth-order valence-electron chi connectivity index (χ4n) is 3.70. The van der Waals surface area contributed by atoms with Gasteiger partial charge in [0, 0.05) is 0 Å². The molecule has 0 N–H and O–H groups in total. The van der Waals surface area contributed by atoms with Crippen molar-refractivity contribution in [3.63, 3.8) is 0 Å². The summed E-state index contributed by atoms with van der Waals surface area (Å²) in [5.74, 6) is 0. The van der Waals surface area contributed by atoms with Crippen molar-refractivity contribution in [1.82, 2.24) is 0 Å². The third-order valence-corrected chi connectivity index (χ3v) is 7.01. The van der Waals surface area contributed by atoms with Crippen molar-refractivity contribution in [1.29, 1.82) is 0 Å². The minimum absolute atomic E-state index is 0.372. The Morgan fingerprint density at radius 1 is 0.500 bits per heavy atom. The second-order valence-electron chi connectivity index (χ2n) is 9.97. The predicted octanol–water partition coefficient (Wildman–Crippen LogP) is 3.44. The third-order valence-electron chi connectivity index (χ3n) is 7.01. The van der Waals surface area contributed by atoms with E-state index in [4.69, 9.17) is 18.6 Å². The zero-order valence-electron chi connectivity index (χ0n) is 18.3. The molecule has 4 rings (SSSR count). The fourth-order valence-corrected chi connectivity index (χ4v) is 3.70. The number of hydrogen-bond acceptors (Lipinski definition) is 4. The van der Waals surface area contributed by atoms with Crippen LogP contribution in [0.5, 0.6) is 0 Å². The van der Waals surface area contributed by atoms with E-state index in [1.807, 2.05) is 12.1 Å². The number of hydrogen-bond donors (Lipinski definition) is 0. The first-order chi connectivity index (χ1) is 12.8. The molecule has 28 heavy (non-hydrogen) atoms. The van der Waals surface area contributed by atoms with Crippen LogP contribution in [0.1, 0.15) is 55.4 Å². The van der Waals surface area contributed by atoms with Crippen molar-refractivity contribution in [2.45, 2.75) is 77.8 Å². The van der Waals surface area contributed by atoms with E-state index in [9.17, 15) is 0 Å². The number of benzene rings is 2. The topological polar surface area (TPSA) is 36.9 Å². The zero-order valence-corrected chi connectivity index (χ0v) is 18.3. The Labute approximate surface area is 169 Å².